The Morgan fingerprint density at radius 3 is 2.73 bits per heavy atom. The second kappa shape index (κ2) is 4.94. The molecule has 0 bridgehead atoms. The van der Waals surface area contributed by atoms with Crippen LogP contribution in [0.4, 0.5) is 0 Å². The Hall–Kier alpha value is -2.69. The van der Waals surface area contributed by atoms with Crippen molar-refractivity contribution in [2.24, 2.45) is 0 Å². The van der Waals surface area contributed by atoms with Crippen molar-refractivity contribution in [3.8, 4) is 17.2 Å². The monoisotopic (exact) mass is 298 g/mol. The lowest BCUT2D eigenvalue weighted by atomic mass is 9.96. The van der Waals surface area contributed by atoms with E-state index in [9.17, 15) is 4.79 Å². The normalized spacial score (nSPS) is 18.5. The van der Waals surface area contributed by atoms with Crippen molar-refractivity contribution in [1.29, 1.82) is 0 Å². The lowest BCUT2D eigenvalue weighted by Gasteiger charge is -2.26. The van der Waals surface area contributed by atoms with Gasteiger partial charge in [0.1, 0.15) is 11.9 Å². The van der Waals surface area contributed by atoms with Gasteiger partial charge in [-0.15, -0.1) is 0 Å². The summed E-state index contributed by atoms with van der Waals surface area (Å²) < 4.78 is 16.8. The molecule has 0 amide bonds. The molecule has 2 heterocycles. The Balaban J connectivity index is 1.64. The van der Waals surface area contributed by atoms with Gasteiger partial charge in [0.05, 0.1) is 5.56 Å². The first kappa shape index (κ1) is 13.0. The lowest BCUT2D eigenvalue weighted by molar-refractivity contribution is 0.0696. The number of ether oxygens (including phenoxy) is 3. The van der Waals surface area contributed by atoms with E-state index in [0.717, 1.165) is 35.5 Å². The summed E-state index contributed by atoms with van der Waals surface area (Å²) in [6.07, 6.45) is 1.51. The standard InChI is InChI=1S/C17H14O5/c18-17(19)12-3-1-2-10(6-12)13-5-4-11-7-15-16(21-9-20-15)8-14(11)22-13/h1-3,6-8,13H,4-5,9H2,(H,18,19). The van der Waals surface area contributed by atoms with Crippen LogP contribution in [-0.2, 0) is 6.42 Å². The van der Waals surface area contributed by atoms with Crippen molar-refractivity contribution < 1.29 is 24.1 Å². The molecule has 5 heteroatoms. The number of fused-ring (bicyclic) bond motifs is 2. The minimum absolute atomic E-state index is 0.146. The van der Waals surface area contributed by atoms with Gasteiger partial charge in [-0.1, -0.05) is 12.1 Å². The molecule has 0 radical (unpaired) electrons. The van der Waals surface area contributed by atoms with Crippen LogP contribution in [0.25, 0.3) is 0 Å². The van der Waals surface area contributed by atoms with Crippen LogP contribution in [0.1, 0.15) is 34.0 Å². The molecule has 0 spiro atoms. The molecule has 4 rings (SSSR count). The first-order valence-electron chi connectivity index (χ1n) is 7.13. The molecule has 0 aliphatic carbocycles. The van der Waals surface area contributed by atoms with Gasteiger partial charge in [0, 0.05) is 6.07 Å². The summed E-state index contributed by atoms with van der Waals surface area (Å²) in [5.74, 6) is 1.30. The van der Waals surface area contributed by atoms with Crippen LogP contribution in [-0.4, -0.2) is 17.9 Å². The Bertz CT molecular complexity index is 753. The fraction of sp³-hybridized carbons (Fsp3) is 0.235. The second-order valence-corrected chi connectivity index (χ2v) is 5.39. The van der Waals surface area contributed by atoms with Crippen LogP contribution >= 0.6 is 0 Å². The molecule has 2 aliphatic rings. The van der Waals surface area contributed by atoms with Gasteiger partial charge in [0.25, 0.3) is 0 Å². The van der Waals surface area contributed by atoms with Crippen molar-refractivity contribution in [1.82, 2.24) is 0 Å². The van der Waals surface area contributed by atoms with E-state index < -0.39 is 5.97 Å². The summed E-state index contributed by atoms with van der Waals surface area (Å²) in [4.78, 5) is 11.1. The Morgan fingerprint density at radius 1 is 1.09 bits per heavy atom. The van der Waals surface area contributed by atoms with Crippen LogP contribution in [0.5, 0.6) is 17.2 Å². The molecule has 22 heavy (non-hydrogen) atoms. The number of benzene rings is 2. The molecular weight excluding hydrogens is 284 g/mol. The Labute approximate surface area is 127 Å². The Morgan fingerprint density at radius 2 is 1.91 bits per heavy atom. The van der Waals surface area contributed by atoms with Gasteiger partial charge in [-0.3, -0.25) is 0 Å². The summed E-state index contributed by atoms with van der Waals surface area (Å²) in [6, 6.07) is 10.7. The largest absolute Gasteiger partial charge is 0.485 e. The van der Waals surface area contributed by atoms with Gasteiger partial charge >= 0.3 is 5.97 Å². The molecule has 112 valence electrons. The molecule has 1 N–H and O–H groups in total. The van der Waals surface area contributed by atoms with E-state index in [1.807, 2.05) is 18.2 Å². The first-order chi connectivity index (χ1) is 10.7. The van der Waals surface area contributed by atoms with E-state index in [2.05, 4.69) is 0 Å². The number of aromatic carboxylic acids is 1. The zero-order valence-electron chi connectivity index (χ0n) is 11.7. The molecule has 2 aromatic rings. The number of hydrogen-bond donors (Lipinski definition) is 1. The van der Waals surface area contributed by atoms with Crippen LogP contribution in [0, 0.1) is 0 Å². The van der Waals surface area contributed by atoms with Gasteiger partial charge in [0.15, 0.2) is 11.5 Å². The number of aryl methyl sites for hydroxylation is 1. The van der Waals surface area contributed by atoms with E-state index in [1.165, 1.54) is 0 Å². The highest BCUT2D eigenvalue weighted by atomic mass is 16.7. The summed E-state index contributed by atoms with van der Waals surface area (Å²) in [7, 11) is 0. The number of carbonyl (C=O) groups is 1. The van der Waals surface area contributed by atoms with Crippen molar-refractivity contribution >= 4 is 5.97 Å². The lowest BCUT2D eigenvalue weighted by Crippen LogP contribution is -2.15. The summed E-state index contributed by atoms with van der Waals surface area (Å²) >= 11 is 0. The number of carboxylic acid groups (broad SMARTS) is 1. The molecule has 0 saturated heterocycles. The average Bonchev–Trinajstić information content (AvgIpc) is 2.99. The molecule has 2 aromatic carbocycles. The highest BCUT2D eigenvalue weighted by molar-refractivity contribution is 5.87. The smallest absolute Gasteiger partial charge is 0.335 e. The van der Waals surface area contributed by atoms with E-state index >= 15 is 0 Å². The van der Waals surface area contributed by atoms with Gasteiger partial charge in [-0.2, -0.15) is 0 Å². The topological polar surface area (TPSA) is 65.0 Å². The van der Waals surface area contributed by atoms with E-state index in [1.54, 1.807) is 18.2 Å². The van der Waals surface area contributed by atoms with Gasteiger partial charge < -0.3 is 19.3 Å². The highest BCUT2D eigenvalue weighted by Gasteiger charge is 2.25. The third-order valence-electron chi connectivity index (χ3n) is 4.01. The van der Waals surface area contributed by atoms with Crippen molar-refractivity contribution in [3.05, 3.63) is 53.1 Å². The van der Waals surface area contributed by atoms with E-state index in [0.29, 0.717) is 5.75 Å². The predicted molar refractivity (Wildman–Crippen MR) is 77.7 cm³/mol. The molecule has 0 saturated carbocycles. The fourth-order valence-electron chi connectivity index (χ4n) is 2.88. The zero-order chi connectivity index (χ0) is 15.1. The average molecular weight is 298 g/mol. The molecule has 0 aromatic heterocycles. The van der Waals surface area contributed by atoms with Crippen LogP contribution in [0.15, 0.2) is 36.4 Å². The molecule has 0 fully saturated rings. The summed E-state index contributed by atoms with van der Waals surface area (Å²) in [5, 5.41) is 9.10. The van der Waals surface area contributed by atoms with E-state index in [-0.39, 0.29) is 18.5 Å². The summed E-state index contributed by atoms with van der Waals surface area (Å²) in [6.45, 7) is 0.238. The number of hydrogen-bond acceptors (Lipinski definition) is 4. The van der Waals surface area contributed by atoms with Gasteiger partial charge in [-0.25, -0.2) is 4.79 Å². The van der Waals surface area contributed by atoms with E-state index in [4.69, 9.17) is 19.3 Å². The second-order valence-electron chi connectivity index (χ2n) is 5.39. The third kappa shape index (κ3) is 2.15. The molecule has 2 aliphatic heterocycles. The molecule has 1 atom stereocenters. The minimum atomic E-state index is -0.929. The maximum Gasteiger partial charge on any atom is 0.335 e. The highest BCUT2D eigenvalue weighted by Crippen LogP contribution is 2.43. The van der Waals surface area contributed by atoms with Crippen LogP contribution < -0.4 is 14.2 Å². The molecular formula is C17H14O5. The molecule has 1 unspecified atom stereocenters. The first-order valence-corrected chi connectivity index (χ1v) is 7.13. The van der Waals surface area contributed by atoms with Gasteiger partial charge in [-0.05, 0) is 42.2 Å². The Kier molecular flexibility index (Phi) is 2.92. The van der Waals surface area contributed by atoms with Crippen LogP contribution in [0.3, 0.4) is 0 Å². The third-order valence-corrected chi connectivity index (χ3v) is 4.01. The fourth-order valence-corrected chi connectivity index (χ4v) is 2.88. The quantitative estimate of drug-likeness (QED) is 0.922. The van der Waals surface area contributed by atoms with Gasteiger partial charge in [0.2, 0.25) is 6.79 Å². The van der Waals surface area contributed by atoms with Crippen molar-refractivity contribution in [2.45, 2.75) is 18.9 Å². The van der Waals surface area contributed by atoms with Crippen molar-refractivity contribution in [3.63, 3.8) is 0 Å². The predicted octanol–water partition coefficient (Wildman–Crippen LogP) is 3.18. The SMILES string of the molecule is O=C(O)c1cccc(C2CCc3cc4c(cc3O2)OCO4)c1. The maximum absolute atomic E-state index is 11.1. The number of rotatable bonds is 2. The maximum atomic E-state index is 11.1. The zero-order valence-corrected chi connectivity index (χ0v) is 11.7. The molecule has 5 nitrogen and oxygen atoms in total. The summed E-state index contributed by atoms with van der Waals surface area (Å²) in [5.41, 5.74) is 2.25. The van der Waals surface area contributed by atoms with Crippen LogP contribution in [0.2, 0.25) is 0 Å². The van der Waals surface area contributed by atoms with Crippen molar-refractivity contribution in [2.75, 3.05) is 6.79 Å². The minimum Gasteiger partial charge on any atom is -0.485 e. The number of carboxylic acids is 1.